The van der Waals surface area contributed by atoms with E-state index in [0.29, 0.717) is 13.0 Å². The van der Waals surface area contributed by atoms with Crippen molar-refractivity contribution in [3.8, 4) is 6.07 Å². The number of rotatable bonds is 6. The molecule has 4 heteroatoms. The maximum absolute atomic E-state index is 10.5. The zero-order chi connectivity index (χ0) is 9.23. The number of carbonyl (C=O) groups excluding carboxylic acids is 1. The van der Waals surface area contributed by atoms with Crippen molar-refractivity contribution in [2.75, 3.05) is 18.1 Å². The molecule has 0 aliphatic carbocycles. The van der Waals surface area contributed by atoms with E-state index in [0.717, 1.165) is 17.6 Å². The quantitative estimate of drug-likeness (QED) is 0.356. The third kappa shape index (κ3) is 7.16. The molecule has 66 valence electrons. The number of carbonyl (C=O) groups is 1. The second-order valence-electron chi connectivity index (χ2n) is 1.89. The highest BCUT2D eigenvalue weighted by molar-refractivity contribution is 7.99. The number of hydrogen-bond acceptors (Lipinski definition) is 4. The van der Waals surface area contributed by atoms with Gasteiger partial charge < -0.3 is 4.74 Å². The van der Waals surface area contributed by atoms with E-state index in [-0.39, 0.29) is 0 Å². The molecule has 0 unspecified atom stereocenters. The van der Waals surface area contributed by atoms with Crippen LogP contribution in [0.2, 0.25) is 0 Å². The van der Waals surface area contributed by atoms with Crippen molar-refractivity contribution >= 4 is 17.7 Å². The van der Waals surface area contributed by atoms with E-state index in [1.54, 1.807) is 11.8 Å². The summed E-state index contributed by atoms with van der Waals surface area (Å²) in [6.07, 6.45) is 1.68. The molecule has 0 heterocycles. The van der Waals surface area contributed by atoms with E-state index < -0.39 is 5.97 Å². The Hall–Kier alpha value is -0.950. The third-order valence-corrected chi connectivity index (χ3v) is 1.95. The third-order valence-electron chi connectivity index (χ3n) is 0.997. The fourth-order valence-corrected chi connectivity index (χ4v) is 1.12. The second kappa shape index (κ2) is 8.15. The van der Waals surface area contributed by atoms with Gasteiger partial charge in [-0.25, -0.2) is 4.79 Å². The van der Waals surface area contributed by atoms with Gasteiger partial charge in [0.1, 0.15) is 6.61 Å². The Morgan fingerprint density at radius 3 is 3.00 bits per heavy atom. The van der Waals surface area contributed by atoms with Crippen LogP contribution in [0.3, 0.4) is 0 Å². The lowest BCUT2D eigenvalue weighted by atomic mass is 10.6. The monoisotopic (exact) mass is 185 g/mol. The number of nitriles is 1. The SMILES string of the molecule is C=CC(=O)OCCSCCC#N. The Morgan fingerprint density at radius 1 is 1.67 bits per heavy atom. The van der Waals surface area contributed by atoms with E-state index in [1.165, 1.54) is 0 Å². The van der Waals surface area contributed by atoms with Crippen LogP contribution in [-0.4, -0.2) is 24.1 Å². The molecule has 0 spiro atoms. The second-order valence-corrected chi connectivity index (χ2v) is 3.12. The van der Waals surface area contributed by atoms with E-state index in [4.69, 9.17) is 10.00 Å². The standard InChI is InChI=1S/C8H11NO2S/c1-2-8(10)11-5-7-12-6-3-4-9/h2H,1,3,5-7H2. The van der Waals surface area contributed by atoms with Gasteiger partial charge in [0.05, 0.1) is 6.07 Å². The van der Waals surface area contributed by atoms with Crippen molar-refractivity contribution in [1.82, 2.24) is 0 Å². The Bertz CT molecular complexity index is 186. The summed E-state index contributed by atoms with van der Waals surface area (Å²) >= 11 is 1.60. The Labute approximate surface area is 76.4 Å². The first-order chi connectivity index (χ1) is 5.81. The van der Waals surface area contributed by atoms with Crippen LogP contribution in [0, 0.1) is 11.3 Å². The zero-order valence-electron chi connectivity index (χ0n) is 6.78. The minimum Gasteiger partial charge on any atom is -0.462 e. The summed E-state index contributed by atoms with van der Waals surface area (Å²) in [6.45, 7) is 3.65. The Kier molecular flexibility index (Phi) is 7.50. The minimum absolute atomic E-state index is 0.390. The molecule has 0 aromatic rings. The van der Waals surface area contributed by atoms with Crippen LogP contribution in [0.1, 0.15) is 6.42 Å². The van der Waals surface area contributed by atoms with Crippen LogP contribution in [0.25, 0.3) is 0 Å². The number of hydrogen-bond donors (Lipinski definition) is 0. The van der Waals surface area contributed by atoms with Gasteiger partial charge in [0, 0.05) is 24.0 Å². The lowest BCUT2D eigenvalue weighted by Gasteiger charge is -1.99. The van der Waals surface area contributed by atoms with Crippen molar-refractivity contribution in [2.24, 2.45) is 0 Å². The van der Waals surface area contributed by atoms with Crippen molar-refractivity contribution in [3.63, 3.8) is 0 Å². The predicted octanol–water partition coefficient (Wildman–Crippen LogP) is 1.36. The normalized spacial score (nSPS) is 8.58. The summed E-state index contributed by atoms with van der Waals surface area (Å²) in [7, 11) is 0. The molecule has 0 radical (unpaired) electrons. The average molecular weight is 185 g/mol. The van der Waals surface area contributed by atoms with Crippen LogP contribution in [0.4, 0.5) is 0 Å². The Morgan fingerprint density at radius 2 is 2.42 bits per heavy atom. The van der Waals surface area contributed by atoms with Crippen LogP contribution in [0.5, 0.6) is 0 Å². The van der Waals surface area contributed by atoms with Crippen molar-refractivity contribution in [3.05, 3.63) is 12.7 Å². The smallest absolute Gasteiger partial charge is 0.330 e. The van der Waals surface area contributed by atoms with Crippen LogP contribution >= 0.6 is 11.8 Å². The molecular formula is C8H11NO2S. The first kappa shape index (κ1) is 11.1. The zero-order valence-corrected chi connectivity index (χ0v) is 7.60. The van der Waals surface area contributed by atoms with Crippen molar-refractivity contribution < 1.29 is 9.53 Å². The van der Waals surface area contributed by atoms with Gasteiger partial charge in [-0.15, -0.1) is 0 Å². The van der Waals surface area contributed by atoms with E-state index >= 15 is 0 Å². The summed E-state index contributed by atoms with van der Waals surface area (Å²) in [5.41, 5.74) is 0. The van der Waals surface area contributed by atoms with Gasteiger partial charge in [0.25, 0.3) is 0 Å². The van der Waals surface area contributed by atoms with E-state index in [1.807, 2.05) is 6.07 Å². The minimum atomic E-state index is -0.393. The van der Waals surface area contributed by atoms with E-state index in [9.17, 15) is 4.79 Å². The number of thioether (sulfide) groups is 1. The van der Waals surface area contributed by atoms with Crippen LogP contribution < -0.4 is 0 Å². The highest BCUT2D eigenvalue weighted by Gasteiger charge is 1.94. The highest BCUT2D eigenvalue weighted by atomic mass is 32.2. The summed E-state index contributed by atoms with van der Waals surface area (Å²) in [5.74, 6) is 1.14. The number of nitrogens with zero attached hydrogens (tertiary/aromatic N) is 1. The van der Waals surface area contributed by atoms with Gasteiger partial charge in [-0.1, -0.05) is 6.58 Å². The molecule has 12 heavy (non-hydrogen) atoms. The van der Waals surface area contributed by atoms with Crippen molar-refractivity contribution in [2.45, 2.75) is 6.42 Å². The lowest BCUT2D eigenvalue weighted by Crippen LogP contribution is -2.03. The predicted molar refractivity (Wildman–Crippen MR) is 48.7 cm³/mol. The molecule has 0 bridgehead atoms. The molecule has 0 saturated heterocycles. The maximum Gasteiger partial charge on any atom is 0.330 e. The summed E-state index contributed by atoms with van der Waals surface area (Å²) in [4.78, 5) is 10.5. The molecular weight excluding hydrogens is 174 g/mol. The Balaban J connectivity index is 3.06. The van der Waals surface area contributed by atoms with Crippen LogP contribution in [-0.2, 0) is 9.53 Å². The van der Waals surface area contributed by atoms with Gasteiger partial charge in [-0.05, 0) is 0 Å². The van der Waals surface area contributed by atoms with Gasteiger partial charge in [-0.2, -0.15) is 17.0 Å². The molecule has 0 aliphatic heterocycles. The molecule has 0 aromatic heterocycles. The summed E-state index contributed by atoms with van der Waals surface area (Å²) in [6, 6.07) is 2.03. The molecule has 0 saturated carbocycles. The largest absolute Gasteiger partial charge is 0.462 e. The van der Waals surface area contributed by atoms with Gasteiger partial charge >= 0.3 is 5.97 Å². The average Bonchev–Trinajstić information content (AvgIpc) is 2.10. The molecule has 0 amide bonds. The van der Waals surface area contributed by atoms with Crippen molar-refractivity contribution in [1.29, 1.82) is 5.26 Å². The molecule has 3 nitrogen and oxygen atoms in total. The topological polar surface area (TPSA) is 50.1 Å². The lowest BCUT2D eigenvalue weighted by molar-refractivity contribution is -0.137. The molecule has 0 aliphatic rings. The van der Waals surface area contributed by atoms with Gasteiger partial charge in [0.15, 0.2) is 0 Å². The fraction of sp³-hybridized carbons (Fsp3) is 0.500. The molecule has 0 atom stereocenters. The molecule has 0 rings (SSSR count). The van der Waals surface area contributed by atoms with Gasteiger partial charge in [0.2, 0.25) is 0 Å². The molecule has 0 fully saturated rings. The van der Waals surface area contributed by atoms with Crippen LogP contribution in [0.15, 0.2) is 12.7 Å². The summed E-state index contributed by atoms with van der Waals surface area (Å²) < 4.78 is 4.71. The molecule has 0 N–H and O–H groups in total. The van der Waals surface area contributed by atoms with Gasteiger partial charge in [-0.3, -0.25) is 0 Å². The summed E-state index contributed by atoms with van der Waals surface area (Å²) in [5, 5.41) is 8.19. The fourth-order valence-electron chi connectivity index (χ4n) is 0.480. The maximum atomic E-state index is 10.5. The number of ether oxygens (including phenoxy) is 1. The highest BCUT2D eigenvalue weighted by Crippen LogP contribution is 2.00. The first-order valence-electron chi connectivity index (χ1n) is 3.55. The number of esters is 1. The van der Waals surface area contributed by atoms with E-state index in [2.05, 4.69) is 6.58 Å². The molecule has 0 aromatic carbocycles. The first-order valence-corrected chi connectivity index (χ1v) is 4.70.